The second-order valence-electron chi connectivity index (χ2n) is 7.48. The van der Waals surface area contributed by atoms with Crippen molar-refractivity contribution < 1.29 is 9.59 Å². The van der Waals surface area contributed by atoms with Gasteiger partial charge < -0.3 is 10.2 Å². The molecule has 150 valence electrons. The largest absolute Gasteiger partial charge is 0.316 e. The number of nitrogens with one attached hydrogen (secondary N) is 1. The molecule has 7 heteroatoms. The van der Waals surface area contributed by atoms with Crippen LogP contribution in [0.1, 0.15) is 34.3 Å². The molecule has 1 fully saturated rings. The number of carbonyl (C=O) groups excluding carboxylic acids is 2. The van der Waals surface area contributed by atoms with Gasteiger partial charge in [0.1, 0.15) is 11.4 Å². The number of aliphatic imine (C=N–C) groups is 1. The van der Waals surface area contributed by atoms with Crippen LogP contribution in [0.4, 0.5) is 0 Å². The minimum Gasteiger partial charge on any atom is -0.316 e. The van der Waals surface area contributed by atoms with Crippen LogP contribution in [0.15, 0.2) is 47.5 Å². The van der Waals surface area contributed by atoms with E-state index < -0.39 is 5.66 Å². The molecule has 0 bridgehead atoms. The minimum absolute atomic E-state index is 0.0134. The topological polar surface area (TPSA) is 61.8 Å². The van der Waals surface area contributed by atoms with E-state index in [0.717, 1.165) is 24.2 Å². The maximum atomic E-state index is 13.3. The van der Waals surface area contributed by atoms with Crippen molar-refractivity contribution in [1.82, 2.24) is 10.2 Å². The molecule has 1 saturated heterocycles. The van der Waals surface area contributed by atoms with Gasteiger partial charge in [0.2, 0.25) is 0 Å². The molecule has 0 saturated carbocycles. The standard InChI is InChI=1S/C22H21Cl2N3O2/c1-14-12-16(4-7-18(14)24)19(28)13-27-21(29)20(15-2-5-17(23)6-3-15)26-22(27)8-10-25-11-9-22/h2-7,12,25H,8-11,13H2,1H3. The number of hydrogen-bond acceptors (Lipinski definition) is 4. The predicted octanol–water partition coefficient (Wildman–Crippen LogP) is 3.90. The number of ketones is 1. The maximum Gasteiger partial charge on any atom is 0.275 e. The third kappa shape index (κ3) is 3.82. The van der Waals surface area contributed by atoms with E-state index in [9.17, 15) is 9.59 Å². The molecule has 1 amide bonds. The molecule has 2 aromatic rings. The highest BCUT2D eigenvalue weighted by molar-refractivity contribution is 6.47. The molecule has 1 N–H and O–H groups in total. The van der Waals surface area contributed by atoms with E-state index in [-0.39, 0.29) is 18.2 Å². The number of halogens is 2. The van der Waals surface area contributed by atoms with Crippen molar-refractivity contribution in [3.8, 4) is 0 Å². The molecule has 0 atom stereocenters. The van der Waals surface area contributed by atoms with Crippen LogP contribution in [0.2, 0.25) is 10.0 Å². The molecule has 2 aliphatic rings. The summed E-state index contributed by atoms with van der Waals surface area (Å²) in [5.41, 5.74) is 1.80. The van der Waals surface area contributed by atoms with Crippen LogP contribution >= 0.6 is 23.2 Å². The molecule has 4 rings (SSSR count). The summed E-state index contributed by atoms with van der Waals surface area (Å²) < 4.78 is 0. The summed E-state index contributed by atoms with van der Waals surface area (Å²) in [6.45, 7) is 3.33. The average molecular weight is 430 g/mol. The van der Waals surface area contributed by atoms with Crippen molar-refractivity contribution in [2.24, 2.45) is 4.99 Å². The van der Waals surface area contributed by atoms with Gasteiger partial charge >= 0.3 is 0 Å². The molecule has 0 aliphatic carbocycles. The van der Waals surface area contributed by atoms with Gasteiger partial charge in [-0.15, -0.1) is 0 Å². The average Bonchev–Trinajstić information content (AvgIpc) is 2.97. The zero-order chi connectivity index (χ0) is 20.6. The summed E-state index contributed by atoms with van der Waals surface area (Å²) in [5, 5.41) is 4.52. The quantitative estimate of drug-likeness (QED) is 0.749. The Morgan fingerprint density at radius 1 is 1.14 bits per heavy atom. The number of piperidine rings is 1. The van der Waals surface area contributed by atoms with Crippen molar-refractivity contribution in [2.75, 3.05) is 19.6 Å². The van der Waals surface area contributed by atoms with Crippen molar-refractivity contribution in [1.29, 1.82) is 0 Å². The first-order valence-electron chi connectivity index (χ1n) is 9.57. The van der Waals surface area contributed by atoms with Gasteiger partial charge in [0.15, 0.2) is 5.78 Å². The number of hydrogen-bond donors (Lipinski definition) is 1. The predicted molar refractivity (Wildman–Crippen MR) is 115 cm³/mol. The normalized spacial score (nSPS) is 18.2. The summed E-state index contributed by atoms with van der Waals surface area (Å²) in [5.74, 6) is -0.336. The smallest absolute Gasteiger partial charge is 0.275 e. The zero-order valence-electron chi connectivity index (χ0n) is 16.0. The van der Waals surface area contributed by atoms with Crippen molar-refractivity contribution in [3.05, 3.63) is 69.2 Å². The zero-order valence-corrected chi connectivity index (χ0v) is 17.6. The van der Waals surface area contributed by atoms with Crippen LogP contribution in [0.3, 0.4) is 0 Å². The van der Waals surface area contributed by atoms with Crippen molar-refractivity contribution in [2.45, 2.75) is 25.4 Å². The van der Waals surface area contributed by atoms with Gasteiger partial charge in [-0.05, 0) is 55.9 Å². The van der Waals surface area contributed by atoms with Crippen LogP contribution in [0.25, 0.3) is 0 Å². The van der Waals surface area contributed by atoms with E-state index in [2.05, 4.69) is 5.32 Å². The monoisotopic (exact) mass is 429 g/mol. The lowest BCUT2D eigenvalue weighted by molar-refractivity contribution is -0.127. The van der Waals surface area contributed by atoms with E-state index >= 15 is 0 Å². The minimum atomic E-state index is -0.686. The third-order valence-corrected chi connectivity index (χ3v) is 6.25. The van der Waals surface area contributed by atoms with Gasteiger partial charge in [0.05, 0.1) is 6.54 Å². The van der Waals surface area contributed by atoms with Gasteiger partial charge in [-0.3, -0.25) is 14.6 Å². The lowest BCUT2D eigenvalue weighted by atomic mass is 9.96. The summed E-state index contributed by atoms with van der Waals surface area (Å²) in [6.07, 6.45) is 1.34. The molecule has 2 aromatic carbocycles. The Labute approximate surface area is 179 Å². The Balaban J connectivity index is 1.66. The van der Waals surface area contributed by atoms with Crippen LogP contribution in [-0.2, 0) is 4.79 Å². The number of benzene rings is 2. The Bertz CT molecular complexity index is 996. The van der Waals surface area contributed by atoms with Crippen LogP contribution in [-0.4, -0.2) is 47.6 Å². The molecule has 0 unspecified atom stereocenters. The molecule has 2 heterocycles. The fraction of sp³-hybridized carbons (Fsp3) is 0.318. The van der Waals surface area contributed by atoms with Gasteiger partial charge in [0.25, 0.3) is 5.91 Å². The summed E-state index contributed by atoms with van der Waals surface area (Å²) in [6, 6.07) is 12.3. The molecule has 0 radical (unpaired) electrons. The highest BCUT2D eigenvalue weighted by Gasteiger charge is 2.48. The first-order valence-corrected chi connectivity index (χ1v) is 10.3. The summed E-state index contributed by atoms with van der Waals surface area (Å²) >= 11 is 12.1. The third-order valence-electron chi connectivity index (χ3n) is 5.57. The van der Waals surface area contributed by atoms with E-state index in [1.807, 2.05) is 6.92 Å². The van der Waals surface area contributed by atoms with E-state index in [4.69, 9.17) is 28.2 Å². The van der Waals surface area contributed by atoms with Gasteiger partial charge in [-0.25, -0.2) is 0 Å². The number of carbonyl (C=O) groups is 2. The number of aryl methyl sites for hydroxylation is 1. The second kappa shape index (κ2) is 7.90. The highest BCUT2D eigenvalue weighted by Crippen LogP contribution is 2.35. The van der Waals surface area contributed by atoms with Crippen molar-refractivity contribution >= 4 is 40.6 Å². The molecule has 5 nitrogen and oxygen atoms in total. The van der Waals surface area contributed by atoms with Crippen molar-refractivity contribution in [3.63, 3.8) is 0 Å². The highest BCUT2D eigenvalue weighted by atomic mass is 35.5. The first kappa shape index (κ1) is 20.1. The van der Waals surface area contributed by atoms with E-state index in [0.29, 0.717) is 34.2 Å². The Morgan fingerprint density at radius 2 is 1.83 bits per heavy atom. The molecule has 0 aromatic heterocycles. The fourth-order valence-electron chi connectivity index (χ4n) is 3.91. The van der Waals surface area contributed by atoms with Crippen LogP contribution in [0, 0.1) is 6.92 Å². The van der Waals surface area contributed by atoms with Crippen LogP contribution < -0.4 is 5.32 Å². The molecule has 29 heavy (non-hydrogen) atoms. The second-order valence-corrected chi connectivity index (χ2v) is 8.32. The van der Waals surface area contributed by atoms with Gasteiger partial charge in [-0.1, -0.05) is 35.3 Å². The SMILES string of the molecule is Cc1cc(C(=O)CN2C(=O)C(c3ccc(Cl)cc3)=NC23CCNCC3)ccc1Cl. The first-order chi connectivity index (χ1) is 13.9. The Morgan fingerprint density at radius 3 is 2.48 bits per heavy atom. The van der Waals surface area contributed by atoms with E-state index in [1.165, 1.54) is 0 Å². The Kier molecular flexibility index (Phi) is 5.47. The van der Waals surface area contributed by atoms with Crippen LogP contribution in [0.5, 0.6) is 0 Å². The van der Waals surface area contributed by atoms with Gasteiger partial charge in [0, 0.05) is 34.0 Å². The lowest BCUT2D eigenvalue weighted by Gasteiger charge is -2.39. The fourth-order valence-corrected chi connectivity index (χ4v) is 4.15. The number of Topliss-reactive ketones (excluding diaryl/α,β-unsaturated/α-hetero) is 1. The number of rotatable bonds is 4. The molecule has 2 aliphatic heterocycles. The maximum absolute atomic E-state index is 13.3. The summed E-state index contributed by atoms with van der Waals surface area (Å²) in [4.78, 5) is 32.8. The number of nitrogens with zero attached hydrogens (tertiary/aromatic N) is 2. The van der Waals surface area contributed by atoms with E-state index in [1.54, 1.807) is 47.4 Å². The molecular weight excluding hydrogens is 409 g/mol. The molecular formula is C22H21Cl2N3O2. The lowest BCUT2D eigenvalue weighted by Crippen LogP contribution is -2.54. The summed E-state index contributed by atoms with van der Waals surface area (Å²) in [7, 11) is 0. The number of amides is 1. The Hall–Kier alpha value is -2.21. The molecule has 1 spiro atoms. The van der Waals surface area contributed by atoms with Gasteiger partial charge in [-0.2, -0.15) is 0 Å².